The van der Waals surface area contributed by atoms with Crippen molar-refractivity contribution in [1.82, 2.24) is 9.62 Å². The number of rotatable bonds is 4. The van der Waals surface area contributed by atoms with Crippen LogP contribution in [0.15, 0.2) is 23.1 Å². The minimum Gasteiger partial charge on any atom is -0.313 e. The Balaban J connectivity index is 2.39. The molecule has 0 spiro atoms. The third-order valence-electron chi connectivity index (χ3n) is 3.28. The monoisotopic (exact) mass is 268 g/mol. The molecule has 18 heavy (non-hydrogen) atoms. The molecule has 1 N–H and O–H groups in total. The normalized spacial score (nSPS) is 16.9. The second kappa shape index (κ2) is 4.99. The first-order chi connectivity index (χ1) is 8.45. The zero-order valence-corrected chi connectivity index (χ0v) is 11.9. The van der Waals surface area contributed by atoms with Crippen LogP contribution in [-0.2, 0) is 10.0 Å². The fourth-order valence-electron chi connectivity index (χ4n) is 2.32. The minimum absolute atomic E-state index is 0.0980. The fraction of sp³-hybridized carbons (Fsp3) is 0.538. The minimum atomic E-state index is -3.36. The summed E-state index contributed by atoms with van der Waals surface area (Å²) >= 11 is 0. The summed E-state index contributed by atoms with van der Waals surface area (Å²) in [4.78, 5) is 0.411. The Morgan fingerprint density at radius 1 is 1.22 bits per heavy atom. The summed E-state index contributed by atoms with van der Waals surface area (Å²) in [6.45, 7) is 7.75. The SMILES string of the molecule is CCN(C1CNC1)S(=O)(=O)c1cc(C)cc(C)c1. The second-order valence-corrected chi connectivity index (χ2v) is 6.73. The van der Waals surface area contributed by atoms with Crippen molar-refractivity contribution in [1.29, 1.82) is 0 Å². The van der Waals surface area contributed by atoms with E-state index in [1.807, 2.05) is 26.8 Å². The number of sulfonamides is 1. The average molecular weight is 268 g/mol. The number of nitrogens with one attached hydrogen (secondary N) is 1. The van der Waals surface area contributed by atoms with Crippen LogP contribution in [0, 0.1) is 13.8 Å². The molecule has 1 saturated heterocycles. The van der Waals surface area contributed by atoms with E-state index in [9.17, 15) is 8.42 Å². The maximum absolute atomic E-state index is 12.6. The largest absolute Gasteiger partial charge is 0.313 e. The molecule has 1 heterocycles. The van der Waals surface area contributed by atoms with Gasteiger partial charge in [-0.15, -0.1) is 0 Å². The highest BCUT2D eigenvalue weighted by Gasteiger charge is 2.33. The molecule has 1 aliphatic heterocycles. The summed E-state index contributed by atoms with van der Waals surface area (Å²) in [7, 11) is -3.36. The van der Waals surface area contributed by atoms with Crippen molar-refractivity contribution in [2.24, 2.45) is 0 Å². The maximum atomic E-state index is 12.6. The van der Waals surface area contributed by atoms with Crippen LogP contribution < -0.4 is 5.32 Å². The second-order valence-electron chi connectivity index (χ2n) is 4.84. The van der Waals surface area contributed by atoms with Gasteiger partial charge in [-0.2, -0.15) is 4.31 Å². The van der Waals surface area contributed by atoms with Gasteiger partial charge >= 0.3 is 0 Å². The van der Waals surface area contributed by atoms with Gasteiger partial charge in [0.15, 0.2) is 0 Å². The summed E-state index contributed by atoms with van der Waals surface area (Å²) in [5.74, 6) is 0. The molecule has 0 aromatic heterocycles. The van der Waals surface area contributed by atoms with E-state index < -0.39 is 10.0 Å². The van der Waals surface area contributed by atoms with E-state index in [0.29, 0.717) is 11.4 Å². The zero-order chi connectivity index (χ0) is 13.3. The van der Waals surface area contributed by atoms with Crippen LogP contribution in [0.3, 0.4) is 0 Å². The molecule has 0 amide bonds. The topological polar surface area (TPSA) is 49.4 Å². The molecule has 1 aromatic carbocycles. The van der Waals surface area contributed by atoms with Crippen molar-refractivity contribution in [2.75, 3.05) is 19.6 Å². The van der Waals surface area contributed by atoms with Gasteiger partial charge in [-0.3, -0.25) is 0 Å². The van der Waals surface area contributed by atoms with Crippen molar-refractivity contribution < 1.29 is 8.42 Å². The Morgan fingerprint density at radius 3 is 2.17 bits per heavy atom. The van der Waals surface area contributed by atoms with Gasteiger partial charge in [0.25, 0.3) is 0 Å². The van der Waals surface area contributed by atoms with Crippen molar-refractivity contribution >= 4 is 10.0 Å². The molecule has 1 aliphatic rings. The van der Waals surface area contributed by atoms with E-state index >= 15 is 0 Å². The Kier molecular flexibility index (Phi) is 3.75. The predicted octanol–water partition coefficient (Wildman–Crippen LogP) is 1.29. The highest BCUT2D eigenvalue weighted by molar-refractivity contribution is 7.89. The van der Waals surface area contributed by atoms with Crippen molar-refractivity contribution in [3.8, 4) is 0 Å². The molecule has 4 nitrogen and oxygen atoms in total. The molecule has 5 heteroatoms. The van der Waals surface area contributed by atoms with Crippen LogP contribution in [0.25, 0.3) is 0 Å². The van der Waals surface area contributed by atoms with Gasteiger partial charge in [0.2, 0.25) is 10.0 Å². The van der Waals surface area contributed by atoms with Crippen LogP contribution in [0.5, 0.6) is 0 Å². The smallest absolute Gasteiger partial charge is 0.243 e. The van der Waals surface area contributed by atoms with Crippen LogP contribution in [0.1, 0.15) is 18.1 Å². The molecule has 1 fully saturated rings. The van der Waals surface area contributed by atoms with Gasteiger partial charge in [0.05, 0.1) is 4.90 Å². The number of aryl methyl sites for hydroxylation is 2. The number of hydrogen-bond acceptors (Lipinski definition) is 3. The average Bonchev–Trinajstić information content (AvgIpc) is 2.21. The molecular weight excluding hydrogens is 248 g/mol. The Labute approximate surface area is 109 Å². The first kappa shape index (κ1) is 13.5. The summed E-state index contributed by atoms with van der Waals surface area (Å²) in [6, 6.07) is 5.58. The Bertz CT molecular complexity index is 516. The van der Waals surface area contributed by atoms with Crippen LogP contribution in [-0.4, -0.2) is 38.4 Å². The van der Waals surface area contributed by atoms with E-state index in [1.54, 1.807) is 16.4 Å². The van der Waals surface area contributed by atoms with Crippen LogP contribution >= 0.6 is 0 Å². The summed E-state index contributed by atoms with van der Waals surface area (Å²) in [5, 5.41) is 3.12. The van der Waals surface area contributed by atoms with Gasteiger partial charge in [-0.1, -0.05) is 13.0 Å². The first-order valence-corrected chi connectivity index (χ1v) is 7.70. The number of hydrogen-bond donors (Lipinski definition) is 1. The lowest BCUT2D eigenvalue weighted by Gasteiger charge is -2.36. The van der Waals surface area contributed by atoms with E-state index in [0.717, 1.165) is 24.2 Å². The first-order valence-electron chi connectivity index (χ1n) is 6.26. The molecular formula is C13H20N2O2S. The summed E-state index contributed by atoms with van der Waals surface area (Å²) in [5.41, 5.74) is 1.97. The lowest BCUT2D eigenvalue weighted by Crippen LogP contribution is -2.58. The van der Waals surface area contributed by atoms with Crippen molar-refractivity contribution in [3.05, 3.63) is 29.3 Å². The number of benzene rings is 1. The predicted molar refractivity (Wildman–Crippen MR) is 72.1 cm³/mol. The number of likely N-dealkylation sites (N-methyl/N-ethyl adjacent to an activating group) is 1. The van der Waals surface area contributed by atoms with E-state index in [2.05, 4.69) is 5.32 Å². The highest BCUT2D eigenvalue weighted by atomic mass is 32.2. The van der Waals surface area contributed by atoms with Gasteiger partial charge in [-0.25, -0.2) is 8.42 Å². The van der Waals surface area contributed by atoms with Gasteiger partial charge in [-0.05, 0) is 37.1 Å². The molecule has 0 atom stereocenters. The lowest BCUT2D eigenvalue weighted by molar-refractivity contribution is 0.249. The molecule has 0 radical (unpaired) electrons. The Hall–Kier alpha value is -0.910. The van der Waals surface area contributed by atoms with Crippen molar-refractivity contribution in [3.63, 3.8) is 0 Å². The molecule has 0 bridgehead atoms. The zero-order valence-electron chi connectivity index (χ0n) is 11.1. The number of nitrogens with zero attached hydrogens (tertiary/aromatic N) is 1. The molecule has 100 valence electrons. The van der Waals surface area contributed by atoms with E-state index in [-0.39, 0.29) is 6.04 Å². The fourth-order valence-corrected chi connectivity index (χ4v) is 4.14. The van der Waals surface area contributed by atoms with Crippen molar-refractivity contribution in [2.45, 2.75) is 31.7 Å². The molecule has 0 unspecified atom stereocenters. The molecule has 1 aromatic rings. The third kappa shape index (κ3) is 2.43. The highest BCUT2D eigenvalue weighted by Crippen LogP contribution is 2.22. The third-order valence-corrected chi connectivity index (χ3v) is 5.29. The summed E-state index contributed by atoms with van der Waals surface area (Å²) < 4.78 is 26.8. The van der Waals surface area contributed by atoms with Crippen LogP contribution in [0.4, 0.5) is 0 Å². The molecule has 2 rings (SSSR count). The van der Waals surface area contributed by atoms with Gasteiger partial charge < -0.3 is 5.32 Å². The Morgan fingerprint density at radius 2 is 1.78 bits per heavy atom. The van der Waals surface area contributed by atoms with Crippen LogP contribution in [0.2, 0.25) is 0 Å². The maximum Gasteiger partial charge on any atom is 0.243 e. The lowest BCUT2D eigenvalue weighted by atomic mass is 10.2. The van der Waals surface area contributed by atoms with E-state index in [1.165, 1.54) is 0 Å². The molecule has 0 aliphatic carbocycles. The van der Waals surface area contributed by atoms with Gasteiger partial charge in [0, 0.05) is 25.7 Å². The van der Waals surface area contributed by atoms with Gasteiger partial charge in [0.1, 0.15) is 0 Å². The standard InChI is InChI=1S/C13H20N2O2S/c1-4-15(12-8-14-9-12)18(16,17)13-6-10(2)5-11(3)7-13/h5-7,12,14H,4,8-9H2,1-3H3. The molecule has 0 saturated carbocycles. The quantitative estimate of drug-likeness (QED) is 0.895. The summed E-state index contributed by atoms with van der Waals surface area (Å²) in [6.07, 6.45) is 0. The van der Waals surface area contributed by atoms with E-state index in [4.69, 9.17) is 0 Å².